The van der Waals surface area contributed by atoms with Gasteiger partial charge in [0.15, 0.2) is 23.0 Å². The fraction of sp³-hybridized carbons (Fsp3) is 0.190. The Morgan fingerprint density at radius 1 is 1.06 bits per heavy atom. The first-order valence-corrected chi connectivity index (χ1v) is 12.1. The molecule has 0 atom stereocenters. The number of non-ortho nitro benzene ring substituents is 1. The lowest BCUT2D eigenvalue weighted by Gasteiger charge is -2.10. The van der Waals surface area contributed by atoms with Crippen LogP contribution in [0.4, 0.5) is 5.69 Å². The van der Waals surface area contributed by atoms with Crippen LogP contribution in [0.5, 0.6) is 17.4 Å². The summed E-state index contributed by atoms with van der Waals surface area (Å²) in [7, 11) is -1.06. The van der Waals surface area contributed by atoms with E-state index in [1.54, 1.807) is 30.3 Å². The highest BCUT2D eigenvalue weighted by molar-refractivity contribution is 7.89. The Hall–Kier alpha value is -4.01. The van der Waals surface area contributed by atoms with E-state index in [2.05, 4.69) is 20.0 Å². The summed E-state index contributed by atoms with van der Waals surface area (Å²) in [5, 5.41) is 23.5. The van der Waals surface area contributed by atoms with E-state index in [1.165, 1.54) is 18.7 Å². The maximum absolute atomic E-state index is 12.5. The molecule has 0 unspecified atom stereocenters. The van der Waals surface area contributed by atoms with Crippen molar-refractivity contribution in [3.05, 3.63) is 63.7 Å². The van der Waals surface area contributed by atoms with Crippen LogP contribution in [0.3, 0.4) is 0 Å². The molecule has 0 aliphatic heterocycles. The number of methoxy groups -OCH3 is 2. The van der Waals surface area contributed by atoms with Gasteiger partial charge in [0.25, 0.3) is 5.69 Å². The number of nitrogens with zero attached hydrogens (tertiary/aromatic N) is 5. The summed E-state index contributed by atoms with van der Waals surface area (Å²) in [6.45, 7) is -0.232. The Balaban J connectivity index is 1.47. The Labute approximate surface area is 209 Å². The number of sulfonamides is 1. The zero-order valence-corrected chi connectivity index (χ0v) is 20.5. The number of nitro benzene ring substituents is 1. The van der Waals surface area contributed by atoms with Gasteiger partial charge in [-0.1, -0.05) is 11.6 Å². The lowest BCUT2D eigenvalue weighted by molar-refractivity contribution is -0.385. The maximum atomic E-state index is 12.5. The van der Waals surface area contributed by atoms with Crippen molar-refractivity contribution in [3.8, 4) is 28.8 Å². The molecule has 0 amide bonds. The number of nitro groups is 1. The molecule has 2 heterocycles. The van der Waals surface area contributed by atoms with Gasteiger partial charge >= 0.3 is 0 Å². The quantitative estimate of drug-likeness (QED) is 0.182. The van der Waals surface area contributed by atoms with E-state index >= 15 is 0 Å². The van der Waals surface area contributed by atoms with Gasteiger partial charge in [-0.15, -0.1) is 15.3 Å². The van der Waals surface area contributed by atoms with Crippen molar-refractivity contribution in [1.82, 2.24) is 24.5 Å². The average molecular weight is 535 g/mol. The highest BCUT2D eigenvalue weighted by atomic mass is 35.5. The first-order valence-electron chi connectivity index (χ1n) is 10.2. The maximum Gasteiger partial charge on any atom is 0.270 e. The van der Waals surface area contributed by atoms with Gasteiger partial charge in [-0.3, -0.25) is 10.1 Å². The van der Waals surface area contributed by atoms with E-state index in [4.69, 9.17) is 25.8 Å². The number of hydrogen-bond acceptors (Lipinski definition) is 10. The fourth-order valence-electron chi connectivity index (χ4n) is 3.23. The molecule has 36 heavy (non-hydrogen) atoms. The molecule has 13 nitrogen and oxygen atoms in total. The SMILES string of the molecule is COc1ccc(-c2nnc3ccc(OCCNS(=O)(=O)c4cc([N+](=O)[O-])ccc4Cl)nn23)cc1OC. The molecule has 2 aromatic carbocycles. The smallest absolute Gasteiger partial charge is 0.270 e. The molecule has 0 spiro atoms. The Morgan fingerprint density at radius 2 is 1.83 bits per heavy atom. The average Bonchev–Trinajstić information content (AvgIpc) is 3.29. The van der Waals surface area contributed by atoms with Crippen LogP contribution in [0.25, 0.3) is 17.0 Å². The number of ether oxygens (including phenoxy) is 3. The topological polar surface area (TPSA) is 160 Å². The molecule has 188 valence electrons. The van der Waals surface area contributed by atoms with E-state index in [1.807, 2.05) is 0 Å². The number of nitrogens with one attached hydrogen (secondary N) is 1. The molecule has 0 bridgehead atoms. The van der Waals surface area contributed by atoms with E-state index < -0.39 is 25.5 Å². The van der Waals surface area contributed by atoms with Crippen LogP contribution < -0.4 is 18.9 Å². The highest BCUT2D eigenvalue weighted by Gasteiger charge is 2.21. The summed E-state index contributed by atoms with van der Waals surface area (Å²) in [6.07, 6.45) is 0. The third-order valence-electron chi connectivity index (χ3n) is 4.94. The third kappa shape index (κ3) is 5.15. The third-order valence-corrected chi connectivity index (χ3v) is 6.88. The Kier molecular flexibility index (Phi) is 7.19. The lowest BCUT2D eigenvalue weighted by Crippen LogP contribution is -2.28. The van der Waals surface area contributed by atoms with Crippen molar-refractivity contribution in [2.75, 3.05) is 27.4 Å². The largest absolute Gasteiger partial charge is 0.493 e. The molecular weight excluding hydrogens is 516 g/mol. The van der Waals surface area contributed by atoms with E-state index in [-0.39, 0.29) is 24.1 Å². The highest BCUT2D eigenvalue weighted by Crippen LogP contribution is 2.31. The van der Waals surface area contributed by atoms with Crippen molar-refractivity contribution in [2.45, 2.75) is 4.90 Å². The first kappa shape index (κ1) is 25.1. The van der Waals surface area contributed by atoms with Crippen molar-refractivity contribution >= 4 is 33.0 Å². The van der Waals surface area contributed by atoms with Crippen LogP contribution in [0.2, 0.25) is 5.02 Å². The fourth-order valence-corrected chi connectivity index (χ4v) is 4.76. The van der Waals surface area contributed by atoms with Gasteiger partial charge < -0.3 is 14.2 Å². The zero-order valence-electron chi connectivity index (χ0n) is 18.9. The van der Waals surface area contributed by atoms with Crippen LogP contribution >= 0.6 is 11.6 Å². The van der Waals surface area contributed by atoms with Crippen LogP contribution in [-0.2, 0) is 10.0 Å². The standard InChI is InChI=1S/C21H19ClN6O7S/c1-33-16-6-3-13(11-17(16)34-2)21-25-24-19-7-8-20(26-27(19)21)35-10-9-23-36(31,32)18-12-14(28(29)30)4-5-15(18)22/h3-8,11-12,23H,9-10H2,1-2H3. The van der Waals surface area contributed by atoms with Crippen LogP contribution in [-0.4, -0.2) is 60.5 Å². The molecule has 1 N–H and O–H groups in total. The molecule has 4 rings (SSSR count). The minimum Gasteiger partial charge on any atom is -0.493 e. The minimum absolute atomic E-state index is 0.0852. The van der Waals surface area contributed by atoms with Gasteiger partial charge in [0.05, 0.1) is 24.2 Å². The predicted molar refractivity (Wildman–Crippen MR) is 128 cm³/mol. The minimum atomic E-state index is -4.12. The summed E-state index contributed by atoms with van der Waals surface area (Å²) in [5.41, 5.74) is 0.743. The van der Waals surface area contributed by atoms with Crippen molar-refractivity contribution in [1.29, 1.82) is 0 Å². The second-order valence-electron chi connectivity index (χ2n) is 7.15. The molecule has 2 aromatic heterocycles. The molecule has 15 heteroatoms. The van der Waals surface area contributed by atoms with E-state index in [9.17, 15) is 18.5 Å². The summed E-state index contributed by atoms with van der Waals surface area (Å²) in [6, 6.07) is 11.6. The van der Waals surface area contributed by atoms with Crippen molar-refractivity contribution in [2.24, 2.45) is 0 Å². The number of hydrogen-bond donors (Lipinski definition) is 1. The second kappa shape index (κ2) is 10.3. The zero-order chi connectivity index (χ0) is 25.9. The van der Waals surface area contributed by atoms with Gasteiger partial charge in [-0.05, 0) is 30.3 Å². The van der Waals surface area contributed by atoms with Gasteiger partial charge in [0.2, 0.25) is 15.9 Å². The second-order valence-corrected chi connectivity index (χ2v) is 9.30. The van der Waals surface area contributed by atoms with Crippen LogP contribution in [0, 0.1) is 10.1 Å². The summed E-state index contributed by atoms with van der Waals surface area (Å²) < 4.78 is 45.0. The summed E-state index contributed by atoms with van der Waals surface area (Å²) in [4.78, 5) is 9.85. The number of aromatic nitrogens is 4. The molecule has 0 aliphatic rings. The van der Waals surface area contributed by atoms with Gasteiger partial charge in [-0.25, -0.2) is 13.1 Å². The van der Waals surface area contributed by atoms with Gasteiger partial charge in [-0.2, -0.15) is 4.52 Å². The number of benzene rings is 2. The molecular formula is C21H19ClN6O7S. The predicted octanol–water partition coefficient (Wildman–Crippen LogP) is 2.73. The molecule has 0 saturated carbocycles. The Morgan fingerprint density at radius 3 is 2.56 bits per heavy atom. The lowest BCUT2D eigenvalue weighted by atomic mass is 10.2. The monoisotopic (exact) mass is 534 g/mol. The number of rotatable bonds is 10. The number of fused-ring (bicyclic) bond motifs is 1. The normalized spacial score (nSPS) is 11.4. The molecule has 4 aromatic rings. The number of halogens is 1. The van der Waals surface area contributed by atoms with Gasteiger partial charge in [0, 0.05) is 30.3 Å². The van der Waals surface area contributed by atoms with Gasteiger partial charge in [0.1, 0.15) is 11.5 Å². The summed E-state index contributed by atoms with van der Waals surface area (Å²) >= 11 is 5.93. The molecule has 0 saturated heterocycles. The molecule has 0 radical (unpaired) electrons. The van der Waals surface area contributed by atoms with Crippen LogP contribution in [0.1, 0.15) is 0 Å². The van der Waals surface area contributed by atoms with Crippen molar-refractivity contribution in [3.63, 3.8) is 0 Å². The Bertz CT molecular complexity index is 1540. The van der Waals surface area contributed by atoms with Crippen molar-refractivity contribution < 1.29 is 27.6 Å². The molecule has 0 aliphatic carbocycles. The van der Waals surface area contributed by atoms with Crippen LogP contribution in [0.15, 0.2) is 53.4 Å². The summed E-state index contributed by atoms with van der Waals surface area (Å²) in [5.74, 6) is 1.69. The van der Waals surface area contributed by atoms with E-state index in [0.717, 1.165) is 18.2 Å². The molecule has 0 fully saturated rings. The first-order chi connectivity index (χ1) is 17.2. The van der Waals surface area contributed by atoms with E-state index in [0.29, 0.717) is 28.5 Å².